The standard InChI is InChI=1S/C24H29F4N3O3/c1-3-19(15-6-7-18(25)17(11-15)24(26,27)28)29-22(32)16-12-20(31-9-10-34-13-21(16)31)23(33)30-8-4-5-14(30)2/h6-7,11-12,14,19,23,33H,3-5,8-10,13H2,1-2H3,(H,29,32). The topological polar surface area (TPSA) is 66.7 Å². The number of hydrogen-bond donors (Lipinski definition) is 2. The molecule has 2 N–H and O–H groups in total. The summed E-state index contributed by atoms with van der Waals surface area (Å²) in [6.45, 7) is 5.66. The highest BCUT2D eigenvalue weighted by Crippen LogP contribution is 2.34. The number of nitrogens with zero attached hydrogens (tertiary/aromatic N) is 2. The highest BCUT2D eigenvalue weighted by Gasteiger charge is 2.36. The van der Waals surface area contributed by atoms with E-state index in [2.05, 4.69) is 12.2 Å². The molecular formula is C24H29F4N3O3. The minimum atomic E-state index is -4.83. The highest BCUT2D eigenvalue weighted by atomic mass is 19.4. The van der Waals surface area contributed by atoms with Crippen LogP contribution in [0.3, 0.4) is 0 Å². The smallest absolute Gasteiger partial charge is 0.373 e. The van der Waals surface area contributed by atoms with Crippen molar-refractivity contribution in [2.45, 2.75) is 70.7 Å². The van der Waals surface area contributed by atoms with Gasteiger partial charge in [-0.2, -0.15) is 13.2 Å². The van der Waals surface area contributed by atoms with Crippen LogP contribution in [0.25, 0.3) is 0 Å². The van der Waals surface area contributed by atoms with E-state index >= 15 is 0 Å². The third-order valence-electron chi connectivity index (χ3n) is 6.78. The summed E-state index contributed by atoms with van der Waals surface area (Å²) in [7, 11) is 0. The van der Waals surface area contributed by atoms with Gasteiger partial charge in [-0.15, -0.1) is 0 Å². The lowest BCUT2D eigenvalue weighted by Gasteiger charge is -2.29. The van der Waals surface area contributed by atoms with Gasteiger partial charge in [0.05, 0.1) is 41.8 Å². The van der Waals surface area contributed by atoms with Gasteiger partial charge >= 0.3 is 6.18 Å². The molecule has 0 bridgehead atoms. The number of halogens is 4. The molecule has 1 aromatic heterocycles. The first-order valence-electron chi connectivity index (χ1n) is 11.5. The Morgan fingerprint density at radius 2 is 2.06 bits per heavy atom. The summed E-state index contributed by atoms with van der Waals surface area (Å²) in [6, 6.07) is 3.87. The molecule has 2 aliphatic heterocycles. The average Bonchev–Trinajstić information content (AvgIpc) is 3.40. The van der Waals surface area contributed by atoms with Crippen LogP contribution in [0.2, 0.25) is 0 Å². The molecular weight excluding hydrogens is 454 g/mol. The fraction of sp³-hybridized carbons (Fsp3) is 0.542. The van der Waals surface area contributed by atoms with Crippen LogP contribution in [0.5, 0.6) is 0 Å². The molecule has 186 valence electrons. The van der Waals surface area contributed by atoms with E-state index in [1.807, 2.05) is 9.47 Å². The van der Waals surface area contributed by atoms with Gasteiger partial charge in [0.25, 0.3) is 5.91 Å². The number of benzene rings is 1. The van der Waals surface area contributed by atoms with Gasteiger partial charge in [-0.05, 0) is 49.9 Å². The fourth-order valence-corrected chi connectivity index (χ4v) is 4.89. The summed E-state index contributed by atoms with van der Waals surface area (Å²) < 4.78 is 60.7. The predicted molar refractivity (Wildman–Crippen MR) is 116 cm³/mol. The van der Waals surface area contributed by atoms with Crippen LogP contribution in [-0.4, -0.2) is 39.7 Å². The largest absolute Gasteiger partial charge is 0.419 e. The minimum Gasteiger partial charge on any atom is -0.373 e. The van der Waals surface area contributed by atoms with E-state index in [1.54, 1.807) is 13.0 Å². The number of alkyl halides is 3. The van der Waals surface area contributed by atoms with Crippen molar-refractivity contribution in [2.75, 3.05) is 13.2 Å². The molecule has 0 aliphatic carbocycles. The number of rotatable bonds is 6. The number of nitrogens with one attached hydrogen (secondary N) is 1. The molecule has 34 heavy (non-hydrogen) atoms. The van der Waals surface area contributed by atoms with E-state index in [0.717, 1.165) is 31.5 Å². The van der Waals surface area contributed by atoms with Crippen molar-refractivity contribution in [1.29, 1.82) is 0 Å². The van der Waals surface area contributed by atoms with Crippen LogP contribution >= 0.6 is 0 Å². The normalized spacial score (nSPS) is 20.7. The summed E-state index contributed by atoms with van der Waals surface area (Å²) in [5.41, 5.74) is 0.343. The summed E-state index contributed by atoms with van der Waals surface area (Å²) in [6.07, 6.45) is -3.43. The van der Waals surface area contributed by atoms with Crippen LogP contribution in [0.1, 0.15) is 78.3 Å². The molecule has 3 atom stereocenters. The van der Waals surface area contributed by atoms with Crippen molar-refractivity contribution in [1.82, 2.24) is 14.8 Å². The molecule has 4 rings (SSSR count). The Kier molecular flexibility index (Phi) is 7.02. The van der Waals surface area contributed by atoms with Gasteiger partial charge in [-0.1, -0.05) is 13.0 Å². The van der Waals surface area contributed by atoms with E-state index in [1.165, 1.54) is 6.07 Å². The minimum absolute atomic E-state index is 0.167. The maximum atomic E-state index is 13.7. The summed E-state index contributed by atoms with van der Waals surface area (Å²) >= 11 is 0. The van der Waals surface area contributed by atoms with Crippen molar-refractivity contribution in [3.63, 3.8) is 0 Å². The fourth-order valence-electron chi connectivity index (χ4n) is 4.89. The van der Waals surface area contributed by atoms with Crippen LogP contribution in [0.15, 0.2) is 24.3 Å². The van der Waals surface area contributed by atoms with Gasteiger partial charge in [0, 0.05) is 19.1 Å². The monoisotopic (exact) mass is 483 g/mol. The van der Waals surface area contributed by atoms with E-state index in [0.29, 0.717) is 36.5 Å². The van der Waals surface area contributed by atoms with Crippen molar-refractivity contribution in [3.05, 3.63) is 58.2 Å². The lowest BCUT2D eigenvalue weighted by atomic mass is 10.0. The zero-order valence-electron chi connectivity index (χ0n) is 19.2. The van der Waals surface area contributed by atoms with Crippen molar-refractivity contribution >= 4 is 5.91 Å². The molecule has 0 saturated carbocycles. The number of carbonyl (C=O) groups excluding carboxylic acids is 1. The Morgan fingerprint density at radius 3 is 2.71 bits per heavy atom. The van der Waals surface area contributed by atoms with Crippen molar-refractivity contribution in [2.24, 2.45) is 0 Å². The molecule has 0 spiro atoms. The molecule has 1 saturated heterocycles. The second kappa shape index (κ2) is 9.67. The van der Waals surface area contributed by atoms with Crippen molar-refractivity contribution < 1.29 is 32.2 Å². The molecule has 1 fully saturated rings. The van der Waals surface area contributed by atoms with E-state index in [-0.39, 0.29) is 18.2 Å². The number of likely N-dealkylation sites (tertiary alicyclic amines) is 1. The van der Waals surface area contributed by atoms with Gasteiger partial charge in [0.15, 0.2) is 0 Å². The number of aliphatic hydroxyl groups is 1. The molecule has 1 amide bonds. The van der Waals surface area contributed by atoms with Crippen molar-refractivity contribution in [3.8, 4) is 0 Å². The third-order valence-corrected chi connectivity index (χ3v) is 6.78. The second-order valence-electron chi connectivity index (χ2n) is 8.91. The first-order valence-corrected chi connectivity index (χ1v) is 11.5. The molecule has 6 nitrogen and oxygen atoms in total. The second-order valence-corrected chi connectivity index (χ2v) is 8.91. The Balaban J connectivity index is 1.62. The predicted octanol–water partition coefficient (Wildman–Crippen LogP) is 4.53. The SMILES string of the molecule is CCC(NC(=O)c1cc(C(O)N2CCCC2C)n2c1COCC2)c1ccc(F)c(C(F)(F)F)c1. The molecule has 10 heteroatoms. The number of fused-ring (bicyclic) bond motifs is 1. The molecule has 3 unspecified atom stereocenters. The number of amides is 1. The van der Waals surface area contributed by atoms with Crippen LogP contribution in [0, 0.1) is 5.82 Å². The van der Waals surface area contributed by atoms with Gasteiger partial charge in [0.2, 0.25) is 0 Å². The molecule has 0 radical (unpaired) electrons. The Bertz CT molecular complexity index is 1050. The zero-order chi connectivity index (χ0) is 24.6. The van der Waals surface area contributed by atoms with Gasteiger partial charge in [-0.3, -0.25) is 9.69 Å². The Labute approximate surface area is 195 Å². The van der Waals surface area contributed by atoms with Crippen LogP contribution in [0.4, 0.5) is 17.6 Å². The summed E-state index contributed by atoms with van der Waals surface area (Å²) in [5.74, 6) is -1.84. The number of hydrogen-bond acceptors (Lipinski definition) is 4. The maximum Gasteiger partial charge on any atom is 0.419 e. The Hall–Kier alpha value is -2.43. The highest BCUT2D eigenvalue weighted by molar-refractivity contribution is 5.96. The number of aromatic nitrogens is 1. The molecule has 2 aliphatic rings. The molecule has 1 aromatic carbocycles. The average molecular weight is 484 g/mol. The number of aliphatic hydroxyl groups excluding tert-OH is 1. The van der Waals surface area contributed by atoms with E-state index in [9.17, 15) is 27.5 Å². The lowest BCUT2D eigenvalue weighted by molar-refractivity contribution is -0.140. The third kappa shape index (κ3) is 4.71. The maximum absolute atomic E-state index is 13.7. The van der Waals surface area contributed by atoms with E-state index < -0.39 is 35.7 Å². The van der Waals surface area contributed by atoms with Gasteiger partial charge < -0.3 is 19.7 Å². The van der Waals surface area contributed by atoms with E-state index in [4.69, 9.17) is 4.74 Å². The number of carbonyl (C=O) groups is 1. The summed E-state index contributed by atoms with van der Waals surface area (Å²) in [4.78, 5) is 15.2. The Morgan fingerprint density at radius 1 is 1.29 bits per heavy atom. The molecule has 2 aromatic rings. The first kappa shape index (κ1) is 24.7. The number of ether oxygens (including phenoxy) is 1. The molecule has 3 heterocycles. The lowest BCUT2D eigenvalue weighted by Crippen LogP contribution is -2.33. The zero-order valence-corrected chi connectivity index (χ0v) is 19.2. The van der Waals surface area contributed by atoms with Crippen LogP contribution in [-0.2, 0) is 24.1 Å². The van der Waals surface area contributed by atoms with Gasteiger partial charge in [-0.25, -0.2) is 4.39 Å². The summed E-state index contributed by atoms with van der Waals surface area (Å²) in [5, 5.41) is 13.9. The first-order chi connectivity index (χ1) is 16.1. The van der Waals surface area contributed by atoms with Crippen LogP contribution < -0.4 is 5.32 Å². The quantitative estimate of drug-likeness (QED) is 0.593. The van der Waals surface area contributed by atoms with Gasteiger partial charge in [0.1, 0.15) is 12.0 Å².